The summed E-state index contributed by atoms with van der Waals surface area (Å²) >= 11 is 0. The van der Waals surface area contributed by atoms with E-state index in [2.05, 4.69) is 0 Å². The summed E-state index contributed by atoms with van der Waals surface area (Å²) in [5, 5.41) is 28.2. The molecule has 2 aromatic carbocycles. The molecule has 0 aliphatic rings. The van der Waals surface area contributed by atoms with Gasteiger partial charge in [0.1, 0.15) is 18.5 Å². The van der Waals surface area contributed by atoms with Crippen LogP contribution in [0.2, 0.25) is 0 Å². The van der Waals surface area contributed by atoms with Crippen LogP contribution in [0.1, 0.15) is 28.4 Å². The molecule has 26 heavy (non-hydrogen) atoms. The van der Waals surface area contributed by atoms with Crippen molar-refractivity contribution in [3.8, 4) is 5.75 Å². The van der Waals surface area contributed by atoms with Crippen LogP contribution in [0, 0.1) is 0 Å². The number of rotatable bonds is 11. The van der Waals surface area contributed by atoms with Crippen molar-refractivity contribution in [2.45, 2.75) is 18.6 Å². The molecule has 0 aromatic heterocycles. The molecule has 140 valence electrons. The van der Waals surface area contributed by atoms with Gasteiger partial charge in [-0.1, -0.05) is 30.3 Å². The van der Waals surface area contributed by atoms with E-state index in [0.29, 0.717) is 11.3 Å². The summed E-state index contributed by atoms with van der Waals surface area (Å²) in [4.78, 5) is 12.4. The molecule has 0 fully saturated rings. The Balaban J connectivity index is 2.02. The molecule has 0 heterocycles. The molecule has 3 N–H and O–H groups in total. The van der Waals surface area contributed by atoms with Gasteiger partial charge in [-0.2, -0.15) is 0 Å². The summed E-state index contributed by atoms with van der Waals surface area (Å²) in [7, 11) is 0. The third-order valence-electron chi connectivity index (χ3n) is 3.80. The largest absolute Gasteiger partial charge is 0.491 e. The molecule has 2 atom stereocenters. The lowest BCUT2D eigenvalue weighted by Gasteiger charge is -2.23. The van der Waals surface area contributed by atoms with Crippen molar-refractivity contribution in [3.05, 3.63) is 65.7 Å². The fraction of sp³-hybridized carbons (Fsp3) is 0.350. The second-order valence-electron chi connectivity index (χ2n) is 5.72. The van der Waals surface area contributed by atoms with Gasteiger partial charge >= 0.3 is 0 Å². The van der Waals surface area contributed by atoms with Crippen LogP contribution in [0.15, 0.2) is 54.6 Å². The molecule has 0 aliphatic heterocycles. The lowest BCUT2D eigenvalue weighted by molar-refractivity contribution is -0.0493. The first-order valence-corrected chi connectivity index (χ1v) is 8.48. The molecule has 6 nitrogen and oxygen atoms in total. The normalized spacial score (nSPS) is 13.2. The monoisotopic (exact) mass is 360 g/mol. The Kier molecular flexibility index (Phi) is 8.24. The Bertz CT molecular complexity index is 656. The van der Waals surface area contributed by atoms with Crippen molar-refractivity contribution in [1.29, 1.82) is 0 Å². The number of ether oxygens (including phenoxy) is 2. The number of Topliss-reactive ketones (excluding diaryl/α,β-unsaturated/α-hetero) is 1. The fourth-order valence-electron chi connectivity index (χ4n) is 2.57. The first-order valence-electron chi connectivity index (χ1n) is 8.48. The molecule has 2 rings (SSSR count). The Morgan fingerprint density at radius 3 is 2.19 bits per heavy atom. The minimum absolute atomic E-state index is 0.0711. The molecular formula is C20H24O6. The van der Waals surface area contributed by atoms with Gasteiger partial charge in [-0.3, -0.25) is 4.79 Å². The molecule has 2 aromatic rings. The standard InChI is InChI=1S/C20H24O6/c21-10-12-25-17-8-6-15(7-9-17)18(23)14-19(24)20(26-13-11-22)16-4-2-1-3-5-16/h1-9,19-22,24H,10-14H2. The summed E-state index contributed by atoms with van der Waals surface area (Å²) in [6.07, 6.45) is -1.84. The number of benzene rings is 2. The maximum atomic E-state index is 12.4. The Morgan fingerprint density at radius 2 is 1.58 bits per heavy atom. The number of hydrogen-bond acceptors (Lipinski definition) is 6. The minimum Gasteiger partial charge on any atom is -0.491 e. The van der Waals surface area contributed by atoms with Gasteiger partial charge in [-0.25, -0.2) is 0 Å². The van der Waals surface area contributed by atoms with E-state index in [1.54, 1.807) is 24.3 Å². The second kappa shape index (κ2) is 10.7. The van der Waals surface area contributed by atoms with Gasteiger partial charge in [0, 0.05) is 12.0 Å². The van der Waals surface area contributed by atoms with E-state index in [4.69, 9.17) is 19.7 Å². The third-order valence-corrected chi connectivity index (χ3v) is 3.80. The van der Waals surface area contributed by atoms with E-state index < -0.39 is 12.2 Å². The predicted molar refractivity (Wildman–Crippen MR) is 96.2 cm³/mol. The van der Waals surface area contributed by atoms with Crippen molar-refractivity contribution in [3.63, 3.8) is 0 Å². The zero-order valence-corrected chi connectivity index (χ0v) is 14.5. The van der Waals surface area contributed by atoms with E-state index in [1.807, 2.05) is 30.3 Å². The highest BCUT2D eigenvalue weighted by Crippen LogP contribution is 2.24. The summed E-state index contributed by atoms with van der Waals surface area (Å²) < 4.78 is 10.8. The number of aliphatic hydroxyl groups is 3. The van der Waals surface area contributed by atoms with Gasteiger partial charge in [0.25, 0.3) is 0 Å². The highest BCUT2D eigenvalue weighted by atomic mass is 16.5. The molecule has 2 unspecified atom stereocenters. The number of hydrogen-bond donors (Lipinski definition) is 3. The first kappa shape index (κ1) is 20.1. The zero-order chi connectivity index (χ0) is 18.8. The molecule has 0 radical (unpaired) electrons. The van der Waals surface area contributed by atoms with Crippen LogP contribution in [-0.4, -0.2) is 53.6 Å². The van der Waals surface area contributed by atoms with E-state index in [9.17, 15) is 9.90 Å². The van der Waals surface area contributed by atoms with Crippen LogP contribution in [0.4, 0.5) is 0 Å². The maximum absolute atomic E-state index is 12.4. The van der Waals surface area contributed by atoms with Crippen LogP contribution in [0.5, 0.6) is 5.75 Å². The molecule has 0 amide bonds. The van der Waals surface area contributed by atoms with Crippen molar-refractivity contribution in [1.82, 2.24) is 0 Å². The molecule has 0 bridgehead atoms. The van der Waals surface area contributed by atoms with Crippen molar-refractivity contribution >= 4 is 5.78 Å². The quantitative estimate of drug-likeness (QED) is 0.528. The zero-order valence-electron chi connectivity index (χ0n) is 14.5. The molecule has 0 aliphatic carbocycles. The summed E-state index contributed by atoms with van der Waals surface area (Å²) in [6.45, 7) is 0.00948. The lowest BCUT2D eigenvalue weighted by atomic mass is 9.97. The van der Waals surface area contributed by atoms with Crippen LogP contribution in [0.25, 0.3) is 0 Å². The first-order chi connectivity index (χ1) is 12.7. The SMILES string of the molecule is O=C(CC(O)C(OCCO)c1ccccc1)c1ccc(OCCO)cc1. The number of ketones is 1. The second-order valence-corrected chi connectivity index (χ2v) is 5.72. The van der Waals surface area contributed by atoms with Crippen LogP contribution >= 0.6 is 0 Å². The van der Waals surface area contributed by atoms with Crippen LogP contribution in [-0.2, 0) is 4.74 Å². The molecule has 6 heteroatoms. The van der Waals surface area contributed by atoms with Crippen molar-refractivity contribution in [2.24, 2.45) is 0 Å². The number of aliphatic hydroxyl groups excluding tert-OH is 3. The van der Waals surface area contributed by atoms with Gasteiger partial charge in [0.05, 0.1) is 25.9 Å². The molecule has 0 saturated carbocycles. The van der Waals surface area contributed by atoms with Crippen LogP contribution in [0.3, 0.4) is 0 Å². The average molecular weight is 360 g/mol. The predicted octanol–water partition coefficient (Wildman–Crippen LogP) is 1.74. The van der Waals surface area contributed by atoms with E-state index in [1.165, 1.54) is 0 Å². The van der Waals surface area contributed by atoms with E-state index in [-0.39, 0.29) is 38.6 Å². The van der Waals surface area contributed by atoms with Gasteiger partial charge in [-0.15, -0.1) is 0 Å². The Hall–Kier alpha value is -2.25. The highest BCUT2D eigenvalue weighted by molar-refractivity contribution is 5.96. The lowest BCUT2D eigenvalue weighted by Crippen LogP contribution is -2.25. The van der Waals surface area contributed by atoms with Gasteiger partial charge in [0.2, 0.25) is 0 Å². The van der Waals surface area contributed by atoms with Gasteiger partial charge in [-0.05, 0) is 29.8 Å². The maximum Gasteiger partial charge on any atom is 0.165 e. The highest BCUT2D eigenvalue weighted by Gasteiger charge is 2.24. The molecule has 0 saturated heterocycles. The minimum atomic E-state index is -1.04. The molecule has 0 spiro atoms. The summed E-state index contributed by atoms with van der Waals surface area (Å²) in [6, 6.07) is 15.6. The van der Waals surface area contributed by atoms with Crippen molar-refractivity contribution < 1.29 is 29.6 Å². The smallest absolute Gasteiger partial charge is 0.165 e. The Labute approximate surface area is 152 Å². The number of carbonyl (C=O) groups is 1. The topological polar surface area (TPSA) is 96.2 Å². The van der Waals surface area contributed by atoms with Gasteiger partial charge in [0.15, 0.2) is 5.78 Å². The van der Waals surface area contributed by atoms with Crippen LogP contribution < -0.4 is 4.74 Å². The van der Waals surface area contributed by atoms with Gasteiger partial charge < -0.3 is 24.8 Å². The van der Waals surface area contributed by atoms with E-state index in [0.717, 1.165) is 5.56 Å². The Morgan fingerprint density at radius 1 is 0.923 bits per heavy atom. The fourth-order valence-corrected chi connectivity index (χ4v) is 2.57. The van der Waals surface area contributed by atoms with Crippen molar-refractivity contribution in [2.75, 3.05) is 26.4 Å². The third kappa shape index (κ3) is 5.93. The number of carbonyl (C=O) groups excluding carboxylic acids is 1. The average Bonchev–Trinajstić information content (AvgIpc) is 2.68. The summed E-state index contributed by atoms with van der Waals surface area (Å²) in [5.41, 5.74) is 1.20. The summed E-state index contributed by atoms with van der Waals surface area (Å²) in [5.74, 6) is 0.337. The molecular weight excluding hydrogens is 336 g/mol. The van der Waals surface area contributed by atoms with E-state index >= 15 is 0 Å².